The lowest BCUT2D eigenvalue weighted by molar-refractivity contribution is 0.362. The summed E-state index contributed by atoms with van der Waals surface area (Å²) < 4.78 is 10.9. The zero-order valence-electron chi connectivity index (χ0n) is 10.8. The fraction of sp³-hybridized carbons (Fsp3) is 0.0667. The van der Waals surface area contributed by atoms with Crippen LogP contribution < -0.4 is 9.47 Å². The molecule has 0 aliphatic heterocycles. The van der Waals surface area contributed by atoms with Crippen LogP contribution in [0, 0.1) is 11.3 Å². The molecule has 0 saturated heterocycles. The van der Waals surface area contributed by atoms with Gasteiger partial charge in [0.1, 0.15) is 23.1 Å². The van der Waals surface area contributed by atoms with Crippen molar-refractivity contribution < 1.29 is 9.47 Å². The quantitative estimate of drug-likeness (QED) is 0.753. The van der Waals surface area contributed by atoms with Crippen molar-refractivity contribution in [2.75, 3.05) is 6.61 Å². The van der Waals surface area contributed by atoms with Crippen molar-refractivity contribution in [3.8, 4) is 23.4 Å². The van der Waals surface area contributed by atoms with Crippen molar-refractivity contribution in [3.63, 3.8) is 0 Å². The van der Waals surface area contributed by atoms with Gasteiger partial charge in [0, 0.05) is 12.3 Å². The van der Waals surface area contributed by atoms with Gasteiger partial charge >= 0.3 is 0 Å². The highest BCUT2D eigenvalue weighted by atomic mass is 35.5. The Labute approximate surface area is 132 Å². The Morgan fingerprint density at radius 1 is 1.19 bits per heavy atom. The monoisotopic (exact) mass is 320 g/mol. The first-order valence-corrected chi connectivity index (χ1v) is 6.71. The van der Waals surface area contributed by atoms with Crippen molar-refractivity contribution in [1.82, 2.24) is 4.98 Å². The molecular weight excluding hydrogens is 311 g/mol. The van der Waals surface area contributed by atoms with Gasteiger partial charge in [-0.05, 0) is 36.4 Å². The van der Waals surface area contributed by atoms with Gasteiger partial charge < -0.3 is 9.47 Å². The number of aromatic nitrogens is 1. The average Bonchev–Trinajstić information content (AvgIpc) is 2.48. The van der Waals surface area contributed by atoms with Gasteiger partial charge in [-0.1, -0.05) is 23.2 Å². The second-order valence-corrected chi connectivity index (χ2v) is 4.70. The fourth-order valence-corrected chi connectivity index (χ4v) is 1.86. The smallest absolute Gasteiger partial charge is 0.238 e. The summed E-state index contributed by atoms with van der Waals surface area (Å²) in [5.74, 6) is 1.53. The normalized spacial score (nSPS) is 10.3. The van der Waals surface area contributed by atoms with Gasteiger partial charge in [-0.15, -0.1) is 0 Å². The van der Waals surface area contributed by atoms with E-state index < -0.39 is 0 Å². The third kappa shape index (κ3) is 4.67. The second kappa shape index (κ2) is 7.53. The van der Waals surface area contributed by atoms with E-state index >= 15 is 0 Å². The predicted molar refractivity (Wildman–Crippen MR) is 81.0 cm³/mol. The Morgan fingerprint density at radius 3 is 2.57 bits per heavy atom. The molecule has 4 nitrogen and oxygen atoms in total. The van der Waals surface area contributed by atoms with E-state index in [-0.39, 0.29) is 5.88 Å². The molecule has 0 aliphatic carbocycles. The Kier molecular flexibility index (Phi) is 5.44. The standard InChI is InChI=1S/C15H10Cl2N2O2/c16-11-9-14(17)15(19-10-11)21-13-5-3-12(4-6-13)20-8-2-1-7-18/h1-6,9-10H,8H2. The van der Waals surface area contributed by atoms with E-state index in [0.29, 0.717) is 28.2 Å². The molecule has 0 radical (unpaired) electrons. The highest BCUT2D eigenvalue weighted by Gasteiger charge is 2.05. The summed E-state index contributed by atoms with van der Waals surface area (Å²) in [4.78, 5) is 4.01. The van der Waals surface area contributed by atoms with Crippen molar-refractivity contribution in [2.45, 2.75) is 0 Å². The molecule has 6 heteroatoms. The van der Waals surface area contributed by atoms with Crippen LogP contribution in [0.25, 0.3) is 0 Å². The molecule has 0 spiro atoms. The summed E-state index contributed by atoms with van der Waals surface area (Å²) >= 11 is 11.7. The van der Waals surface area contributed by atoms with Gasteiger partial charge in [0.05, 0.1) is 11.1 Å². The minimum absolute atomic E-state index is 0.284. The molecule has 1 heterocycles. The SMILES string of the molecule is N#CC=CCOc1ccc(Oc2ncc(Cl)cc2Cl)cc1. The van der Waals surface area contributed by atoms with Crippen molar-refractivity contribution in [3.05, 3.63) is 58.7 Å². The van der Waals surface area contributed by atoms with E-state index in [9.17, 15) is 0 Å². The molecule has 0 N–H and O–H groups in total. The zero-order valence-corrected chi connectivity index (χ0v) is 12.3. The van der Waals surface area contributed by atoms with Crippen LogP contribution in [0.2, 0.25) is 10.0 Å². The zero-order chi connectivity index (χ0) is 15.1. The number of ether oxygens (including phenoxy) is 2. The summed E-state index contributed by atoms with van der Waals surface area (Å²) in [5, 5.41) is 9.13. The van der Waals surface area contributed by atoms with E-state index in [1.807, 2.05) is 6.07 Å². The minimum atomic E-state index is 0.284. The molecule has 0 saturated carbocycles. The first-order valence-electron chi connectivity index (χ1n) is 5.95. The Bertz CT molecular complexity index is 679. The van der Waals surface area contributed by atoms with Crippen LogP contribution in [0.15, 0.2) is 48.7 Å². The van der Waals surface area contributed by atoms with E-state index in [2.05, 4.69) is 4.98 Å². The lowest BCUT2D eigenvalue weighted by atomic mass is 10.3. The fourth-order valence-electron chi connectivity index (χ4n) is 1.44. The number of hydrogen-bond donors (Lipinski definition) is 0. The maximum absolute atomic E-state index is 8.35. The number of pyridine rings is 1. The molecule has 106 valence electrons. The Hall–Kier alpha value is -2.22. The summed E-state index contributed by atoms with van der Waals surface area (Å²) in [6.07, 6.45) is 4.45. The third-order valence-corrected chi connectivity index (χ3v) is 2.83. The van der Waals surface area contributed by atoms with Gasteiger partial charge in [-0.2, -0.15) is 5.26 Å². The molecule has 0 atom stereocenters. The van der Waals surface area contributed by atoms with Gasteiger partial charge in [0.15, 0.2) is 0 Å². The van der Waals surface area contributed by atoms with Crippen molar-refractivity contribution >= 4 is 23.2 Å². The van der Waals surface area contributed by atoms with Crippen LogP contribution in [0.5, 0.6) is 17.4 Å². The molecule has 21 heavy (non-hydrogen) atoms. The van der Waals surface area contributed by atoms with Crippen LogP contribution >= 0.6 is 23.2 Å². The molecule has 0 unspecified atom stereocenters. The molecule has 2 aromatic rings. The molecule has 1 aromatic carbocycles. The van der Waals surface area contributed by atoms with E-state index in [4.69, 9.17) is 37.9 Å². The van der Waals surface area contributed by atoms with Crippen molar-refractivity contribution in [2.24, 2.45) is 0 Å². The molecule has 1 aromatic heterocycles. The number of nitriles is 1. The number of halogens is 2. The molecular formula is C15H10Cl2N2O2. The predicted octanol–water partition coefficient (Wildman–Crippen LogP) is 4.64. The third-order valence-electron chi connectivity index (χ3n) is 2.35. The van der Waals surface area contributed by atoms with Gasteiger partial charge in [-0.25, -0.2) is 4.98 Å². The highest BCUT2D eigenvalue weighted by molar-refractivity contribution is 6.35. The van der Waals surface area contributed by atoms with Crippen LogP contribution in [0.3, 0.4) is 0 Å². The molecule has 0 bridgehead atoms. The first kappa shape index (κ1) is 15.2. The largest absolute Gasteiger partial charge is 0.490 e. The summed E-state index contributed by atoms with van der Waals surface area (Å²) in [6, 6.07) is 10.4. The van der Waals surface area contributed by atoms with Gasteiger partial charge in [-0.3, -0.25) is 0 Å². The maximum atomic E-state index is 8.35. The first-order chi connectivity index (χ1) is 10.2. The minimum Gasteiger partial charge on any atom is -0.490 e. The average molecular weight is 321 g/mol. The number of rotatable bonds is 5. The number of nitrogens with zero attached hydrogens (tertiary/aromatic N) is 2. The van der Waals surface area contributed by atoms with E-state index in [0.717, 1.165) is 0 Å². The number of benzene rings is 1. The lowest BCUT2D eigenvalue weighted by Crippen LogP contribution is -1.93. The van der Waals surface area contributed by atoms with Crippen LogP contribution in [0.4, 0.5) is 0 Å². The number of allylic oxidation sites excluding steroid dienone is 1. The molecule has 2 rings (SSSR count). The van der Waals surface area contributed by atoms with Gasteiger partial charge in [0.2, 0.25) is 5.88 Å². The lowest BCUT2D eigenvalue weighted by Gasteiger charge is -2.08. The second-order valence-electron chi connectivity index (χ2n) is 3.86. The summed E-state index contributed by atoms with van der Waals surface area (Å²) in [7, 11) is 0. The summed E-state index contributed by atoms with van der Waals surface area (Å²) in [5.41, 5.74) is 0. The maximum Gasteiger partial charge on any atom is 0.238 e. The van der Waals surface area contributed by atoms with E-state index in [1.165, 1.54) is 12.3 Å². The molecule has 0 fully saturated rings. The van der Waals surface area contributed by atoms with E-state index in [1.54, 1.807) is 36.4 Å². The highest BCUT2D eigenvalue weighted by Crippen LogP contribution is 2.29. The van der Waals surface area contributed by atoms with Crippen LogP contribution in [-0.2, 0) is 0 Å². The van der Waals surface area contributed by atoms with Gasteiger partial charge in [0.25, 0.3) is 0 Å². The molecule has 0 aliphatic rings. The summed E-state index contributed by atoms with van der Waals surface area (Å²) in [6.45, 7) is 0.332. The van der Waals surface area contributed by atoms with Crippen molar-refractivity contribution in [1.29, 1.82) is 5.26 Å². The Morgan fingerprint density at radius 2 is 1.90 bits per heavy atom. The Balaban J connectivity index is 1.99. The van der Waals surface area contributed by atoms with Crippen LogP contribution in [-0.4, -0.2) is 11.6 Å². The number of hydrogen-bond acceptors (Lipinski definition) is 4. The molecule has 0 amide bonds. The van der Waals surface area contributed by atoms with Crippen LogP contribution in [0.1, 0.15) is 0 Å². The topological polar surface area (TPSA) is 55.1 Å².